The molecule has 1 aliphatic heterocycles. The summed E-state index contributed by atoms with van der Waals surface area (Å²) >= 11 is 0. The van der Waals surface area contributed by atoms with Gasteiger partial charge in [0.1, 0.15) is 5.82 Å². The molecule has 0 aliphatic carbocycles. The molecular formula is C18H21F3N4O2. The first-order valence-corrected chi connectivity index (χ1v) is 8.70. The first-order valence-electron chi connectivity index (χ1n) is 8.70. The van der Waals surface area contributed by atoms with Gasteiger partial charge in [-0.25, -0.2) is 4.68 Å². The lowest BCUT2D eigenvalue weighted by Gasteiger charge is -2.15. The molecule has 3 rings (SSSR count). The largest absolute Gasteiger partial charge is 0.418 e. The molecule has 1 atom stereocenters. The number of hydrogen-bond acceptors (Lipinski definition) is 4. The fourth-order valence-corrected chi connectivity index (χ4v) is 3.01. The van der Waals surface area contributed by atoms with Crippen molar-refractivity contribution in [2.45, 2.75) is 32.0 Å². The number of nitrogens with one attached hydrogen (secondary N) is 2. The fraction of sp³-hybridized carbons (Fsp3) is 0.444. The van der Waals surface area contributed by atoms with Crippen LogP contribution in [0.15, 0.2) is 30.3 Å². The topological polar surface area (TPSA) is 68.2 Å². The van der Waals surface area contributed by atoms with Crippen molar-refractivity contribution in [2.75, 3.05) is 25.0 Å². The zero-order valence-corrected chi connectivity index (χ0v) is 14.8. The van der Waals surface area contributed by atoms with Crippen LogP contribution in [0.4, 0.5) is 19.0 Å². The summed E-state index contributed by atoms with van der Waals surface area (Å²) in [6.07, 6.45) is -2.46. The third-order valence-corrected chi connectivity index (χ3v) is 4.22. The van der Waals surface area contributed by atoms with E-state index < -0.39 is 11.7 Å². The van der Waals surface area contributed by atoms with Crippen LogP contribution < -0.4 is 10.6 Å². The molecule has 6 nitrogen and oxygen atoms in total. The summed E-state index contributed by atoms with van der Waals surface area (Å²) < 4.78 is 46.5. The number of halogens is 3. The van der Waals surface area contributed by atoms with Crippen LogP contribution in [0.2, 0.25) is 0 Å². The third kappa shape index (κ3) is 4.86. The number of amides is 1. The SMILES string of the molecule is Cc1cc(NC(=O)CNCC2CCCO2)n(-c2ccccc2C(F)(F)F)n1. The Balaban J connectivity index is 1.72. The van der Waals surface area contributed by atoms with Crippen molar-refractivity contribution in [3.05, 3.63) is 41.6 Å². The van der Waals surface area contributed by atoms with E-state index in [1.165, 1.54) is 24.3 Å². The predicted octanol–water partition coefficient (Wildman–Crippen LogP) is 2.91. The van der Waals surface area contributed by atoms with E-state index in [4.69, 9.17) is 4.74 Å². The summed E-state index contributed by atoms with van der Waals surface area (Å²) in [5.74, 6) is -0.174. The van der Waals surface area contributed by atoms with Crippen molar-refractivity contribution in [3.63, 3.8) is 0 Å². The lowest BCUT2D eigenvalue weighted by Crippen LogP contribution is -2.34. The Morgan fingerprint density at radius 2 is 2.15 bits per heavy atom. The third-order valence-electron chi connectivity index (χ3n) is 4.22. The number of alkyl halides is 3. The molecule has 27 heavy (non-hydrogen) atoms. The number of benzene rings is 1. The van der Waals surface area contributed by atoms with Gasteiger partial charge in [-0.15, -0.1) is 0 Å². The molecule has 9 heteroatoms. The smallest absolute Gasteiger partial charge is 0.377 e. The summed E-state index contributed by atoms with van der Waals surface area (Å²) in [6.45, 7) is 2.97. The predicted molar refractivity (Wildman–Crippen MR) is 93.8 cm³/mol. The van der Waals surface area contributed by atoms with Crippen LogP contribution in [-0.2, 0) is 15.7 Å². The first kappa shape index (κ1) is 19.4. The summed E-state index contributed by atoms with van der Waals surface area (Å²) in [6, 6.07) is 6.65. The van der Waals surface area contributed by atoms with Crippen molar-refractivity contribution in [2.24, 2.45) is 0 Å². The second-order valence-corrected chi connectivity index (χ2v) is 6.41. The average molecular weight is 382 g/mol. The van der Waals surface area contributed by atoms with Crippen LogP contribution in [-0.4, -0.2) is 41.5 Å². The normalized spacial score (nSPS) is 17.3. The number of carbonyl (C=O) groups is 1. The molecule has 0 bridgehead atoms. The second kappa shape index (κ2) is 8.10. The standard InChI is InChI=1S/C18H21F3N4O2/c1-12-9-16(23-17(26)11-22-10-13-5-4-8-27-13)25(24-12)15-7-3-2-6-14(15)18(19,20)21/h2-3,6-7,9,13,22H,4-5,8,10-11H2,1H3,(H,23,26). The van der Waals surface area contributed by atoms with Gasteiger partial charge in [-0.1, -0.05) is 12.1 Å². The van der Waals surface area contributed by atoms with E-state index in [0.29, 0.717) is 12.2 Å². The molecule has 0 spiro atoms. The van der Waals surface area contributed by atoms with Gasteiger partial charge >= 0.3 is 6.18 Å². The number of carbonyl (C=O) groups excluding carboxylic acids is 1. The molecule has 0 radical (unpaired) electrons. The Hall–Kier alpha value is -2.39. The molecule has 1 unspecified atom stereocenters. The number of nitrogens with zero attached hydrogens (tertiary/aromatic N) is 2. The minimum atomic E-state index is -4.53. The molecular weight excluding hydrogens is 361 g/mol. The average Bonchev–Trinajstić information content (AvgIpc) is 3.24. The summed E-state index contributed by atoms with van der Waals surface area (Å²) in [5.41, 5.74) is -0.463. The minimum Gasteiger partial charge on any atom is -0.377 e. The Kier molecular flexibility index (Phi) is 5.81. The van der Waals surface area contributed by atoms with Gasteiger partial charge < -0.3 is 15.4 Å². The van der Waals surface area contributed by atoms with E-state index in [1.807, 2.05) is 0 Å². The first-order chi connectivity index (χ1) is 12.8. The Labute approximate surface area is 154 Å². The van der Waals surface area contributed by atoms with Gasteiger partial charge in [-0.3, -0.25) is 4.79 Å². The van der Waals surface area contributed by atoms with E-state index >= 15 is 0 Å². The highest BCUT2D eigenvalue weighted by Gasteiger charge is 2.34. The van der Waals surface area contributed by atoms with Crippen LogP contribution in [0.5, 0.6) is 0 Å². The van der Waals surface area contributed by atoms with Gasteiger partial charge in [0.25, 0.3) is 0 Å². The molecule has 146 valence electrons. The Morgan fingerprint density at radius 1 is 1.37 bits per heavy atom. The number of aryl methyl sites for hydroxylation is 1. The van der Waals surface area contributed by atoms with E-state index in [1.54, 1.807) is 6.92 Å². The van der Waals surface area contributed by atoms with Crippen LogP contribution in [0.25, 0.3) is 5.69 Å². The zero-order valence-electron chi connectivity index (χ0n) is 14.8. The number of ether oxygens (including phenoxy) is 1. The van der Waals surface area contributed by atoms with Crippen molar-refractivity contribution in [1.82, 2.24) is 15.1 Å². The minimum absolute atomic E-state index is 0.0327. The maximum Gasteiger partial charge on any atom is 0.418 e. The molecule has 1 amide bonds. The monoisotopic (exact) mass is 382 g/mol. The molecule has 2 heterocycles. The fourth-order valence-electron chi connectivity index (χ4n) is 3.01. The molecule has 2 aromatic rings. The highest BCUT2D eigenvalue weighted by Crippen LogP contribution is 2.34. The van der Waals surface area contributed by atoms with Crippen LogP contribution in [0.3, 0.4) is 0 Å². The van der Waals surface area contributed by atoms with Gasteiger partial charge in [0, 0.05) is 19.2 Å². The molecule has 1 aromatic heterocycles. The molecule has 0 saturated carbocycles. The molecule has 1 aromatic carbocycles. The van der Waals surface area contributed by atoms with E-state index in [9.17, 15) is 18.0 Å². The molecule has 1 aliphatic rings. The maximum atomic E-state index is 13.3. The molecule has 2 N–H and O–H groups in total. The van der Waals surface area contributed by atoms with Gasteiger partial charge in [-0.05, 0) is 31.9 Å². The number of anilines is 1. The van der Waals surface area contributed by atoms with Crippen LogP contribution >= 0.6 is 0 Å². The lowest BCUT2D eigenvalue weighted by molar-refractivity contribution is -0.137. The Morgan fingerprint density at radius 3 is 2.85 bits per heavy atom. The van der Waals surface area contributed by atoms with E-state index in [0.717, 1.165) is 30.2 Å². The van der Waals surface area contributed by atoms with Crippen LogP contribution in [0, 0.1) is 6.92 Å². The van der Waals surface area contributed by atoms with Gasteiger partial charge in [0.05, 0.1) is 29.6 Å². The van der Waals surface area contributed by atoms with E-state index in [2.05, 4.69) is 15.7 Å². The quantitative estimate of drug-likeness (QED) is 0.806. The summed E-state index contributed by atoms with van der Waals surface area (Å²) in [7, 11) is 0. The second-order valence-electron chi connectivity index (χ2n) is 6.41. The molecule has 1 saturated heterocycles. The Bertz CT molecular complexity index is 798. The zero-order chi connectivity index (χ0) is 19.4. The highest BCUT2D eigenvalue weighted by molar-refractivity contribution is 5.91. The highest BCUT2D eigenvalue weighted by atomic mass is 19.4. The number of rotatable bonds is 6. The summed E-state index contributed by atoms with van der Waals surface area (Å²) in [4.78, 5) is 12.2. The lowest BCUT2D eigenvalue weighted by atomic mass is 10.1. The maximum absolute atomic E-state index is 13.3. The van der Waals surface area contributed by atoms with E-state index in [-0.39, 0.29) is 30.1 Å². The van der Waals surface area contributed by atoms with Crippen molar-refractivity contribution in [3.8, 4) is 5.69 Å². The van der Waals surface area contributed by atoms with Crippen molar-refractivity contribution < 1.29 is 22.7 Å². The number of para-hydroxylation sites is 1. The molecule has 1 fully saturated rings. The van der Waals surface area contributed by atoms with Gasteiger partial charge in [0.15, 0.2) is 0 Å². The summed E-state index contributed by atoms with van der Waals surface area (Å²) in [5, 5.41) is 9.74. The van der Waals surface area contributed by atoms with Gasteiger partial charge in [-0.2, -0.15) is 18.3 Å². The van der Waals surface area contributed by atoms with Gasteiger partial charge in [0.2, 0.25) is 5.91 Å². The van der Waals surface area contributed by atoms with Crippen molar-refractivity contribution >= 4 is 11.7 Å². The number of aromatic nitrogens is 2. The number of hydrogen-bond donors (Lipinski definition) is 2. The van der Waals surface area contributed by atoms with Crippen molar-refractivity contribution in [1.29, 1.82) is 0 Å². The van der Waals surface area contributed by atoms with Crippen LogP contribution in [0.1, 0.15) is 24.1 Å².